The fraction of sp³-hybridized carbons (Fsp3) is 0.353. The number of nitrogens with one attached hydrogen (secondary N) is 2. The molecule has 1 heterocycles. The fourth-order valence-corrected chi connectivity index (χ4v) is 3.17. The molecule has 1 aromatic heterocycles. The van der Waals surface area contributed by atoms with E-state index in [1.165, 1.54) is 4.88 Å². The molecule has 1 atom stereocenters. The summed E-state index contributed by atoms with van der Waals surface area (Å²) in [5.41, 5.74) is 1.96. The number of thiophene rings is 1. The van der Waals surface area contributed by atoms with Crippen molar-refractivity contribution in [2.24, 2.45) is 5.92 Å². The number of amides is 1. The number of carbonyl (C=O) groups is 1. The zero-order chi connectivity index (χ0) is 14.7. The van der Waals surface area contributed by atoms with Gasteiger partial charge in [-0.1, -0.05) is 13.0 Å². The lowest BCUT2D eigenvalue weighted by Gasteiger charge is -2.17. The predicted molar refractivity (Wildman–Crippen MR) is 88.8 cm³/mol. The Hall–Kier alpha value is -1.81. The molecular formula is C17H20N2OS. The molecule has 3 rings (SSSR count). The molecule has 1 amide bonds. The van der Waals surface area contributed by atoms with E-state index in [1.807, 2.05) is 24.3 Å². The van der Waals surface area contributed by atoms with Crippen molar-refractivity contribution in [1.82, 2.24) is 0 Å². The zero-order valence-corrected chi connectivity index (χ0v) is 13.0. The number of hydrogen-bond acceptors (Lipinski definition) is 3. The Morgan fingerprint density at radius 2 is 1.95 bits per heavy atom. The molecule has 0 saturated heterocycles. The van der Waals surface area contributed by atoms with Gasteiger partial charge in [-0.2, -0.15) is 0 Å². The SMILES string of the molecule is CCC(Nc1ccc(NC(=O)C2CC2)cc1)c1cccs1. The van der Waals surface area contributed by atoms with E-state index >= 15 is 0 Å². The van der Waals surface area contributed by atoms with E-state index in [0.717, 1.165) is 30.6 Å². The molecule has 110 valence electrons. The van der Waals surface area contributed by atoms with Gasteiger partial charge in [0.25, 0.3) is 0 Å². The normalized spacial score (nSPS) is 15.5. The Morgan fingerprint density at radius 3 is 2.52 bits per heavy atom. The molecule has 1 fully saturated rings. The first-order valence-electron chi connectivity index (χ1n) is 7.47. The van der Waals surface area contributed by atoms with Crippen LogP contribution in [-0.4, -0.2) is 5.91 Å². The van der Waals surface area contributed by atoms with Gasteiger partial charge in [-0.05, 0) is 55.0 Å². The lowest BCUT2D eigenvalue weighted by Crippen LogP contribution is -2.13. The molecule has 3 nitrogen and oxygen atoms in total. The van der Waals surface area contributed by atoms with Crippen molar-refractivity contribution in [1.29, 1.82) is 0 Å². The number of anilines is 2. The minimum Gasteiger partial charge on any atom is -0.377 e. The largest absolute Gasteiger partial charge is 0.377 e. The molecule has 4 heteroatoms. The second kappa shape index (κ2) is 6.31. The smallest absolute Gasteiger partial charge is 0.227 e. The van der Waals surface area contributed by atoms with Gasteiger partial charge in [0.05, 0.1) is 6.04 Å². The van der Waals surface area contributed by atoms with E-state index in [4.69, 9.17) is 0 Å². The van der Waals surface area contributed by atoms with Gasteiger partial charge in [-0.3, -0.25) is 4.79 Å². The Balaban J connectivity index is 1.62. The fourth-order valence-electron chi connectivity index (χ4n) is 2.30. The van der Waals surface area contributed by atoms with Crippen LogP contribution in [0.4, 0.5) is 11.4 Å². The molecule has 0 aliphatic heterocycles. The lowest BCUT2D eigenvalue weighted by atomic mass is 10.1. The first-order chi connectivity index (χ1) is 10.3. The third-order valence-corrected chi connectivity index (χ3v) is 4.72. The van der Waals surface area contributed by atoms with Crippen molar-refractivity contribution in [3.63, 3.8) is 0 Å². The van der Waals surface area contributed by atoms with Crippen molar-refractivity contribution in [3.05, 3.63) is 46.7 Å². The highest BCUT2D eigenvalue weighted by Gasteiger charge is 2.29. The highest BCUT2D eigenvalue weighted by atomic mass is 32.1. The monoisotopic (exact) mass is 300 g/mol. The van der Waals surface area contributed by atoms with Gasteiger partial charge in [-0.25, -0.2) is 0 Å². The summed E-state index contributed by atoms with van der Waals surface area (Å²) in [5, 5.41) is 8.61. The summed E-state index contributed by atoms with van der Waals surface area (Å²) in [4.78, 5) is 13.1. The van der Waals surface area contributed by atoms with Crippen LogP contribution in [0.3, 0.4) is 0 Å². The van der Waals surface area contributed by atoms with Crippen LogP contribution in [0.1, 0.15) is 37.1 Å². The Morgan fingerprint density at radius 1 is 1.24 bits per heavy atom. The Labute approximate surface area is 129 Å². The van der Waals surface area contributed by atoms with Gasteiger partial charge in [0.2, 0.25) is 5.91 Å². The van der Waals surface area contributed by atoms with E-state index in [0.29, 0.717) is 6.04 Å². The van der Waals surface area contributed by atoms with Gasteiger partial charge in [-0.15, -0.1) is 11.3 Å². The van der Waals surface area contributed by atoms with Crippen LogP contribution in [-0.2, 0) is 4.79 Å². The molecule has 1 saturated carbocycles. The van der Waals surface area contributed by atoms with Crippen molar-refractivity contribution in [2.75, 3.05) is 10.6 Å². The molecule has 0 radical (unpaired) electrons. The van der Waals surface area contributed by atoms with Gasteiger partial charge >= 0.3 is 0 Å². The zero-order valence-electron chi connectivity index (χ0n) is 12.1. The van der Waals surface area contributed by atoms with Gasteiger partial charge in [0, 0.05) is 22.2 Å². The Bertz CT molecular complexity index is 588. The summed E-state index contributed by atoms with van der Waals surface area (Å²) in [5.74, 6) is 0.395. The number of hydrogen-bond donors (Lipinski definition) is 2. The van der Waals surface area contributed by atoms with Crippen LogP contribution in [0.15, 0.2) is 41.8 Å². The summed E-state index contributed by atoms with van der Waals surface area (Å²) < 4.78 is 0. The van der Waals surface area contributed by atoms with Crippen molar-refractivity contribution < 1.29 is 4.79 Å². The molecule has 2 aromatic rings. The number of rotatable bonds is 6. The molecular weight excluding hydrogens is 280 g/mol. The third kappa shape index (κ3) is 3.64. The maximum Gasteiger partial charge on any atom is 0.227 e. The number of benzene rings is 1. The van der Waals surface area contributed by atoms with E-state index < -0.39 is 0 Å². The van der Waals surface area contributed by atoms with Crippen LogP contribution in [0, 0.1) is 5.92 Å². The summed E-state index contributed by atoms with van der Waals surface area (Å²) in [6.07, 6.45) is 3.11. The van der Waals surface area contributed by atoms with Crippen LogP contribution in [0.25, 0.3) is 0 Å². The van der Waals surface area contributed by atoms with Gasteiger partial charge < -0.3 is 10.6 Å². The lowest BCUT2D eigenvalue weighted by molar-refractivity contribution is -0.117. The third-order valence-electron chi connectivity index (χ3n) is 3.74. The summed E-state index contributed by atoms with van der Waals surface area (Å²) in [7, 11) is 0. The van der Waals surface area contributed by atoms with E-state index in [-0.39, 0.29) is 11.8 Å². The quantitative estimate of drug-likeness (QED) is 0.814. The summed E-state index contributed by atoms with van der Waals surface area (Å²) >= 11 is 1.78. The predicted octanol–water partition coefficient (Wildman–Crippen LogP) is 4.66. The van der Waals surface area contributed by atoms with Crippen molar-refractivity contribution in [3.8, 4) is 0 Å². The minimum atomic E-state index is 0.153. The van der Waals surface area contributed by atoms with Crippen LogP contribution >= 0.6 is 11.3 Å². The van der Waals surface area contributed by atoms with E-state index in [2.05, 4.69) is 35.1 Å². The highest BCUT2D eigenvalue weighted by Crippen LogP contribution is 2.30. The standard InChI is InChI=1S/C17H20N2OS/c1-2-15(16-4-3-11-21-16)18-13-7-9-14(10-8-13)19-17(20)12-5-6-12/h3-4,7-12,15,18H,2,5-6H2,1H3,(H,19,20). The number of carbonyl (C=O) groups excluding carboxylic acids is 1. The molecule has 0 bridgehead atoms. The molecule has 1 aromatic carbocycles. The molecule has 21 heavy (non-hydrogen) atoms. The molecule has 1 aliphatic carbocycles. The van der Waals surface area contributed by atoms with E-state index in [9.17, 15) is 4.79 Å². The first-order valence-corrected chi connectivity index (χ1v) is 8.35. The average Bonchev–Trinajstić information content (AvgIpc) is 3.22. The summed E-state index contributed by atoms with van der Waals surface area (Å²) in [6, 6.07) is 12.6. The van der Waals surface area contributed by atoms with Crippen molar-refractivity contribution in [2.45, 2.75) is 32.2 Å². The molecule has 1 unspecified atom stereocenters. The van der Waals surface area contributed by atoms with Crippen molar-refractivity contribution >= 4 is 28.6 Å². The Kier molecular flexibility index (Phi) is 4.25. The highest BCUT2D eigenvalue weighted by molar-refractivity contribution is 7.10. The second-order valence-corrected chi connectivity index (χ2v) is 6.44. The van der Waals surface area contributed by atoms with Crippen LogP contribution in [0.2, 0.25) is 0 Å². The van der Waals surface area contributed by atoms with E-state index in [1.54, 1.807) is 11.3 Å². The second-order valence-electron chi connectivity index (χ2n) is 5.46. The summed E-state index contributed by atoms with van der Waals surface area (Å²) in [6.45, 7) is 2.18. The maximum absolute atomic E-state index is 11.7. The molecule has 2 N–H and O–H groups in total. The first kappa shape index (κ1) is 14.1. The van der Waals surface area contributed by atoms with Gasteiger partial charge in [0.15, 0.2) is 0 Å². The van der Waals surface area contributed by atoms with Crippen LogP contribution in [0.5, 0.6) is 0 Å². The topological polar surface area (TPSA) is 41.1 Å². The van der Waals surface area contributed by atoms with Crippen LogP contribution < -0.4 is 10.6 Å². The molecule has 0 spiro atoms. The maximum atomic E-state index is 11.7. The average molecular weight is 300 g/mol. The minimum absolute atomic E-state index is 0.153. The van der Waals surface area contributed by atoms with Gasteiger partial charge in [0.1, 0.15) is 0 Å². The molecule has 1 aliphatic rings.